The Morgan fingerprint density at radius 1 is 1.20 bits per heavy atom. The first-order valence-electron chi connectivity index (χ1n) is 9.03. The van der Waals surface area contributed by atoms with Crippen molar-refractivity contribution in [2.24, 2.45) is 0 Å². The van der Waals surface area contributed by atoms with E-state index < -0.39 is 22.3 Å². The minimum atomic E-state index is -0.663. The van der Waals surface area contributed by atoms with Crippen molar-refractivity contribution in [1.82, 2.24) is 4.90 Å². The molecule has 0 aliphatic rings. The first kappa shape index (κ1) is 23.6. The first-order valence-corrected chi connectivity index (χ1v) is 9.83. The molecule has 30 heavy (non-hydrogen) atoms. The summed E-state index contributed by atoms with van der Waals surface area (Å²) in [7, 11) is 2.87. The third-order valence-corrected chi connectivity index (χ3v) is 4.79. The van der Waals surface area contributed by atoms with E-state index in [0.29, 0.717) is 4.47 Å². The molecule has 0 aromatic heterocycles. The van der Waals surface area contributed by atoms with Gasteiger partial charge < -0.3 is 19.1 Å². The van der Waals surface area contributed by atoms with Crippen LogP contribution in [0.4, 0.5) is 10.1 Å². The van der Waals surface area contributed by atoms with Gasteiger partial charge in [-0.3, -0.25) is 14.9 Å². The van der Waals surface area contributed by atoms with Gasteiger partial charge >= 0.3 is 0 Å². The lowest BCUT2D eigenvalue weighted by Gasteiger charge is -2.22. The van der Waals surface area contributed by atoms with Crippen molar-refractivity contribution in [2.45, 2.75) is 13.5 Å². The summed E-state index contributed by atoms with van der Waals surface area (Å²) in [6.45, 7) is 2.31. The molecule has 0 N–H and O–H groups in total. The highest BCUT2D eigenvalue weighted by Crippen LogP contribution is 2.35. The van der Waals surface area contributed by atoms with Crippen molar-refractivity contribution in [1.29, 1.82) is 0 Å². The number of rotatable bonds is 10. The largest absolute Gasteiger partial charge is 0.493 e. The number of halogens is 2. The summed E-state index contributed by atoms with van der Waals surface area (Å²) >= 11 is 3.27. The zero-order valence-corrected chi connectivity index (χ0v) is 18.4. The van der Waals surface area contributed by atoms with Crippen LogP contribution in [0.15, 0.2) is 34.8 Å². The molecule has 0 aliphatic carbocycles. The Morgan fingerprint density at radius 3 is 2.53 bits per heavy atom. The van der Waals surface area contributed by atoms with E-state index in [2.05, 4.69) is 15.9 Å². The van der Waals surface area contributed by atoms with E-state index in [-0.39, 0.29) is 48.9 Å². The van der Waals surface area contributed by atoms with Crippen LogP contribution in [0.5, 0.6) is 11.5 Å². The summed E-state index contributed by atoms with van der Waals surface area (Å²) in [5, 5.41) is 11.6. The molecule has 10 heteroatoms. The van der Waals surface area contributed by atoms with Gasteiger partial charge in [0.25, 0.3) is 11.6 Å². The molecule has 2 aromatic carbocycles. The number of carbonyl (C=O) groups excluding carboxylic acids is 1. The maximum atomic E-state index is 14.1. The minimum absolute atomic E-state index is 0.0494. The fourth-order valence-corrected chi connectivity index (χ4v) is 3.15. The zero-order valence-electron chi connectivity index (χ0n) is 16.8. The van der Waals surface area contributed by atoms with Crippen LogP contribution in [-0.4, -0.2) is 49.7 Å². The fraction of sp³-hybridized carbons (Fsp3) is 0.350. The van der Waals surface area contributed by atoms with Gasteiger partial charge in [-0.2, -0.15) is 0 Å². The topological polar surface area (TPSA) is 91.1 Å². The second-order valence-electron chi connectivity index (χ2n) is 6.17. The lowest BCUT2D eigenvalue weighted by Crippen LogP contribution is -2.31. The molecular weight excluding hydrogens is 463 g/mol. The third kappa shape index (κ3) is 5.67. The molecule has 0 saturated carbocycles. The predicted molar refractivity (Wildman–Crippen MR) is 112 cm³/mol. The summed E-state index contributed by atoms with van der Waals surface area (Å²) in [6.07, 6.45) is 0. The number of nitrogens with zero attached hydrogens (tertiary/aromatic N) is 2. The Bertz CT molecular complexity index is 924. The highest BCUT2D eigenvalue weighted by atomic mass is 79.9. The summed E-state index contributed by atoms with van der Waals surface area (Å²) < 4.78 is 30.4. The normalized spacial score (nSPS) is 10.6. The van der Waals surface area contributed by atoms with Crippen molar-refractivity contribution in [2.75, 3.05) is 34.0 Å². The Hall–Kier alpha value is -2.72. The van der Waals surface area contributed by atoms with Gasteiger partial charge in [0.05, 0.1) is 24.7 Å². The van der Waals surface area contributed by atoms with Gasteiger partial charge in [-0.1, -0.05) is 15.9 Å². The van der Waals surface area contributed by atoms with Crippen molar-refractivity contribution < 1.29 is 28.3 Å². The number of hydrogen-bond donors (Lipinski definition) is 0. The molecule has 2 rings (SSSR count). The molecule has 0 aliphatic heterocycles. The van der Waals surface area contributed by atoms with Crippen molar-refractivity contribution in [3.63, 3.8) is 0 Å². The number of nitro benzene ring substituents is 1. The first-order chi connectivity index (χ1) is 14.3. The zero-order chi connectivity index (χ0) is 22.3. The smallest absolute Gasteiger partial charge is 0.286 e. The van der Waals surface area contributed by atoms with Crippen molar-refractivity contribution in [3.8, 4) is 11.5 Å². The average Bonchev–Trinajstić information content (AvgIpc) is 2.73. The van der Waals surface area contributed by atoms with Crippen LogP contribution in [-0.2, 0) is 11.3 Å². The second-order valence-corrected chi connectivity index (χ2v) is 7.09. The highest BCUT2D eigenvalue weighted by Gasteiger charge is 2.28. The number of hydrogen-bond acceptors (Lipinski definition) is 6. The van der Waals surface area contributed by atoms with E-state index in [1.165, 1.54) is 31.3 Å². The molecule has 0 atom stereocenters. The molecule has 2 aromatic rings. The van der Waals surface area contributed by atoms with E-state index >= 15 is 0 Å². The average molecular weight is 485 g/mol. The number of benzene rings is 2. The summed E-state index contributed by atoms with van der Waals surface area (Å²) in [5.41, 5.74) is -0.316. The Morgan fingerprint density at radius 2 is 1.93 bits per heavy atom. The molecule has 0 saturated heterocycles. The summed E-state index contributed by atoms with van der Waals surface area (Å²) in [4.78, 5) is 25.4. The van der Waals surface area contributed by atoms with E-state index in [4.69, 9.17) is 14.2 Å². The van der Waals surface area contributed by atoms with Crippen LogP contribution in [0.1, 0.15) is 22.8 Å². The van der Waals surface area contributed by atoms with Crippen LogP contribution in [0.25, 0.3) is 0 Å². The quantitative estimate of drug-likeness (QED) is 0.285. The lowest BCUT2D eigenvalue weighted by molar-refractivity contribution is -0.385. The molecule has 1 amide bonds. The molecule has 162 valence electrons. The maximum Gasteiger partial charge on any atom is 0.286 e. The monoisotopic (exact) mass is 484 g/mol. The van der Waals surface area contributed by atoms with Crippen LogP contribution >= 0.6 is 15.9 Å². The van der Waals surface area contributed by atoms with Gasteiger partial charge in [0.15, 0.2) is 11.5 Å². The fourth-order valence-electron chi connectivity index (χ4n) is 2.75. The van der Waals surface area contributed by atoms with Crippen LogP contribution in [0.3, 0.4) is 0 Å². The Labute approximate surface area is 181 Å². The van der Waals surface area contributed by atoms with E-state index in [1.54, 1.807) is 19.1 Å². The standard InChI is InChI=1S/C20H22BrFN2O6/c1-4-23(12-13-9-14(21)5-6-16(13)22)20(25)15-10-18(29-3)19(30-8-7-28-2)11-17(15)24(26)27/h5-6,9-11H,4,7-8,12H2,1-3H3. The molecule has 0 unspecified atom stereocenters. The molecule has 0 bridgehead atoms. The van der Waals surface area contributed by atoms with E-state index in [1.807, 2.05) is 0 Å². The van der Waals surface area contributed by atoms with Crippen LogP contribution < -0.4 is 9.47 Å². The Kier molecular flexibility index (Phi) is 8.55. The van der Waals surface area contributed by atoms with Gasteiger partial charge in [-0.15, -0.1) is 0 Å². The van der Waals surface area contributed by atoms with E-state index in [9.17, 15) is 19.3 Å². The SMILES string of the molecule is CCN(Cc1cc(Br)ccc1F)C(=O)c1cc(OC)c(OCCOC)cc1[N+](=O)[O-]. The van der Waals surface area contributed by atoms with Gasteiger partial charge in [-0.25, -0.2) is 4.39 Å². The predicted octanol–water partition coefficient (Wildman–Crippen LogP) is 4.19. The summed E-state index contributed by atoms with van der Waals surface area (Å²) in [6, 6.07) is 6.81. The second kappa shape index (κ2) is 10.9. The van der Waals surface area contributed by atoms with Gasteiger partial charge in [0.1, 0.15) is 18.0 Å². The third-order valence-electron chi connectivity index (χ3n) is 4.29. The van der Waals surface area contributed by atoms with Crippen LogP contribution in [0.2, 0.25) is 0 Å². The number of ether oxygens (including phenoxy) is 3. The maximum absolute atomic E-state index is 14.1. The molecule has 0 heterocycles. The summed E-state index contributed by atoms with van der Waals surface area (Å²) in [5.74, 6) is -0.799. The van der Waals surface area contributed by atoms with Crippen molar-refractivity contribution >= 4 is 27.5 Å². The van der Waals surface area contributed by atoms with Gasteiger partial charge in [0.2, 0.25) is 0 Å². The molecule has 0 fully saturated rings. The lowest BCUT2D eigenvalue weighted by atomic mass is 10.1. The molecular formula is C20H22BrFN2O6. The van der Waals surface area contributed by atoms with Gasteiger partial charge in [-0.05, 0) is 25.1 Å². The van der Waals surface area contributed by atoms with Crippen LogP contribution in [0, 0.1) is 15.9 Å². The Balaban J connectivity index is 2.42. The van der Waals surface area contributed by atoms with E-state index in [0.717, 1.165) is 6.07 Å². The number of carbonyl (C=O) groups is 1. The number of amides is 1. The van der Waals surface area contributed by atoms with Crippen molar-refractivity contribution in [3.05, 3.63) is 61.9 Å². The molecule has 0 radical (unpaired) electrons. The minimum Gasteiger partial charge on any atom is -0.493 e. The number of methoxy groups -OCH3 is 2. The molecule has 0 spiro atoms. The van der Waals surface area contributed by atoms with Gasteiger partial charge in [0, 0.05) is 36.3 Å². The number of nitro groups is 1. The highest BCUT2D eigenvalue weighted by molar-refractivity contribution is 9.10. The molecule has 8 nitrogen and oxygen atoms in total.